The molecule has 0 atom stereocenters. The molecule has 176 valence electrons. The van der Waals surface area contributed by atoms with Gasteiger partial charge in [0, 0.05) is 45.4 Å². The van der Waals surface area contributed by atoms with E-state index >= 15 is 0 Å². The van der Waals surface area contributed by atoms with E-state index in [0.717, 1.165) is 52.2 Å². The van der Waals surface area contributed by atoms with E-state index in [0.29, 0.717) is 13.5 Å². The number of rotatable bonds is 4. The Bertz CT molecular complexity index is 1250. The van der Waals surface area contributed by atoms with Gasteiger partial charge < -0.3 is 19.3 Å². The third kappa shape index (κ3) is 4.81. The Morgan fingerprint density at radius 2 is 1.00 bits per heavy atom. The Morgan fingerprint density at radius 1 is 0.571 bits per heavy atom. The molecule has 0 saturated heterocycles. The van der Waals surface area contributed by atoms with Crippen LogP contribution in [0.25, 0.3) is 0 Å². The van der Waals surface area contributed by atoms with Crippen molar-refractivity contribution in [2.45, 2.75) is 29.3 Å². The van der Waals surface area contributed by atoms with Crippen LogP contribution in [0, 0.1) is 0 Å². The van der Waals surface area contributed by atoms with E-state index < -0.39 is 0 Å². The maximum atomic E-state index is 6.04. The normalized spacial score (nSPS) is 14.6. The summed E-state index contributed by atoms with van der Waals surface area (Å²) in [5, 5.41) is 0. The molecule has 4 aromatic carbocycles. The van der Waals surface area contributed by atoms with Gasteiger partial charge >= 0.3 is 0 Å². The zero-order chi connectivity index (χ0) is 23.8. The number of ether oxygens (including phenoxy) is 2. The van der Waals surface area contributed by atoms with Crippen LogP contribution < -0.4 is 19.3 Å². The first-order valence-corrected chi connectivity index (χ1v) is 12.6. The second-order valence-corrected chi connectivity index (χ2v) is 10.1. The van der Waals surface area contributed by atoms with Crippen molar-refractivity contribution < 1.29 is 9.47 Å². The van der Waals surface area contributed by atoms with Crippen molar-refractivity contribution in [1.82, 2.24) is 0 Å². The van der Waals surface area contributed by atoms with Crippen molar-refractivity contribution in [3.05, 3.63) is 107 Å². The van der Waals surface area contributed by atoms with Gasteiger partial charge in [-0.2, -0.15) is 0 Å². The molecule has 0 saturated carbocycles. The zero-order valence-corrected chi connectivity index (χ0v) is 21.0. The average molecular weight is 499 g/mol. The molecule has 2 heterocycles. The Balaban J connectivity index is 1.19. The summed E-state index contributed by atoms with van der Waals surface area (Å²) in [4.78, 5) is 6.40. The van der Waals surface area contributed by atoms with Crippen LogP contribution in [0.15, 0.2) is 94.7 Å². The Morgan fingerprint density at radius 3 is 1.43 bits per heavy atom. The van der Waals surface area contributed by atoms with Crippen LogP contribution in [0.3, 0.4) is 0 Å². The predicted molar refractivity (Wildman–Crippen MR) is 146 cm³/mol. The van der Waals surface area contributed by atoms with Crippen molar-refractivity contribution >= 4 is 36.6 Å². The average Bonchev–Trinajstić information content (AvgIpc) is 2.89. The molecule has 0 bridgehead atoms. The number of thiol groups is 2. The summed E-state index contributed by atoms with van der Waals surface area (Å²) in [6.07, 6.45) is 0.864. The molecule has 2 aliphatic rings. The number of hydrogen-bond donors (Lipinski definition) is 2. The van der Waals surface area contributed by atoms with Crippen LogP contribution in [-0.2, 0) is 19.5 Å². The highest BCUT2D eigenvalue weighted by Gasteiger charge is 2.20. The summed E-state index contributed by atoms with van der Waals surface area (Å²) < 4.78 is 12.1. The minimum atomic E-state index is 0.552. The Kier molecular flexibility index (Phi) is 6.00. The highest BCUT2D eigenvalue weighted by molar-refractivity contribution is 7.80. The molecule has 6 heteroatoms. The highest BCUT2D eigenvalue weighted by Crippen LogP contribution is 2.32. The molecule has 0 aliphatic carbocycles. The van der Waals surface area contributed by atoms with Crippen LogP contribution >= 0.6 is 25.3 Å². The largest absolute Gasteiger partial charge is 0.473 e. The maximum Gasteiger partial charge on any atom is 0.161 e. The van der Waals surface area contributed by atoms with Crippen LogP contribution in [-0.4, -0.2) is 13.5 Å². The van der Waals surface area contributed by atoms with Crippen LogP contribution in [0.4, 0.5) is 11.4 Å². The lowest BCUT2D eigenvalue weighted by Crippen LogP contribution is -2.32. The smallest absolute Gasteiger partial charge is 0.161 e. The third-order valence-electron chi connectivity index (χ3n) is 6.56. The predicted octanol–water partition coefficient (Wildman–Crippen LogP) is 6.57. The van der Waals surface area contributed by atoms with E-state index in [1.165, 1.54) is 22.3 Å². The molecule has 0 spiro atoms. The molecule has 4 aromatic rings. The number of fused-ring (bicyclic) bond motifs is 2. The van der Waals surface area contributed by atoms with Gasteiger partial charge in [0.05, 0.1) is 0 Å². The molecule has 0 aromatic heterocycles. The maximum absolute atomic E-state index is 6.04. The van der Waals surface area contributed by atoms with E-state index in [2.05, 4.69) is 95.7 Å². The zero-order valence-electron chi connectivity index (χ0n) is 19.2. The van der Waals surface area contributed by atoms with E-state index in [1.807, 2.05) is 24.3 Å². The van der Waals surface area contributed by atoms with E-state index in [1.54, 1.807) is 0 Å². The molecule has 0 amide bonds. The number of nitrogens with zero attached hydrogens (tertiary/aromatic N) is 2. The quantitative estimate of drug-likeness (QED) is 0.311. The van der Waals surface area contributed by atoms with E-state index in [-0.39, 0.29) is 0 Å². The topological polar surface area (TPSA) is 24.9 Å². The van der Waals surface area contributed by atoms with Gasteiger partial charge in [-0.25, -0.2) is 0 Å². The number of anilines is 2. The molecule has 0 fully saturated rings. The van der Waals surface area contributed by atoms with E-state index in [4.69, 9.17) is 9.47 Å². The molecule has 2 aliphatic heterocycles. The van der Waals surface area contributed by atoms with Gasteiger partial charge in [0.2, 0.25) is 0 Å². The second kappa shape index (κ2) is 9.44. The van der Waals surface area contributed by atoms with Crippen molar-refractivity contribution in [2.75, 3.05) is 23.3 Å². The third-order valence-corrected chi connectivity index (χ3v) is 7.16. The molecule has 0 radical (unpaired) electrons. The molecule has 35 heavy (non-hydrogen) atoms. The van der Waals surface area contributed by atoms with Crippen molar-refractivity contribution in [1.29, 1.82) is 0 Å². The van der Waals surface area contributed by atoms with Crippen LogP contribution in [0.5, 0.6) is 11.5 Å². The Labute approximate surface area is 216 Å². The highest BCUT2D eigenvalue weighted by atomic mass is 32.1. The van der Waals surface area contributed by atoms with Crippen molar-refractivity contribution in [2.24, 2.45) is 0 Å². The molecule has 0 unspecified atom stereocenters. The molecule has 4 nitrogen and oxygen atoms in total. The first-order chi connectivity index (χ1) is 17.1. The molecule has 0 N–H and O–H groups in total. The minimum Gasteiger partial charge on any atom is -0.473 e. The molecular weight excluding hydrogens is 472 g/mol. The summed E-state index contributed by atoms with van der Waals surface area (Å²) >= 11 is 8.79. The van der Waals surface area contributed by atoms with Gasteiger partial charge in [-0.05, 0) is 90.3 Å². The SMILES string of the molecule is Sc1ccc(N2COc3ccc(Cc4ccc5c(c4)CN(c4ccc(S)cc4)CO5)cc3C2)cc1. The monoisotopic (exact) mass is 498 g/mol. The lowest BCUT2D eigenvalue weighted by molar-refractivity contribution is 0.289. The van der Waals surface area contributed by atoms with Gasteiger partial charge in [0.25, 0.3) is 0 Å². The van der Waals surface area contributed by atoms with Crippen molar-refractivity contribution in [3.8, 4) is 11.5 Å². The summed E-state index contributed by atoms with van der Waals surface area (Å²) in [6, 6.07) is 29.5. The van der Waals surface area contributed by atoms with Crippen LogP contribution in [0.2, 0.25) is 0 Å². The van der Waals surface area contributed by atoms with Crippen molar-refractivity contribution in [3.63, 3.8) is 0 Å². The van der Waals surface area contributed by atoms with Crippen LogP contribution in [0.1, 0.15) is 22.3 Å². The summed E-state index contributed by atoms with van der Waals surface area (Å²) in [5.74, 6) is 1.94. The fraction of sp³-hybridized carbons (Fsp3) is 0.172. The molecule has 6 rings (SSSR count). The van der Waals surface area contributed by atoms with Gasteiger partial charge in [-0.1, -0.05) is 12.1 Å². The minimum absolute atomic E-state index is 0.552. The number of hydrogen-bond acceptors (Lipinski definition) is 6. The standard InChI is InChI=1S/C29H26N2O2S2/c34-26-7-3-24(4-8-26)30-16-22-14-20(1-11-28(22)32-18-30)13-21-2-12-29-23(15-21)17-31(19-33-29)25-5-9-27(35)10-6-25/h1-12,14-15,34-35H,13,16-19H2. The van der Waals surface area contributed by atoms with Gasteiger partial charge in [0.15, 0.2) is 13.5 Å². The van der Waals surface area contributed by atoms with Gasteiger partial charge in [-0.15, -0.1) is 25.3 Å². The summed E-state index contributed by atoms with van der Waals surface area (Å²) in [6.45, 7) is 2.76. The Hall–Kier alpha value is -3.22. The summed E-state index contributed by atoms with van der Waals surface area (Å²) in [5.41, 5.74) is 7.26. The molecular formula is C29H26N2O2S2. The van der Waals surface area contributed by atoms with E-state index in [9.17, 15) is 0 Å². The van der Waals surface area contributed by atoms with Gasteiger partial charge in [-0.3, -0.25) is 0 Å². The first-order valence-electron chi connectivity index (χ1n) is 11.7. The lowest BCUT2D eigenvalue weighted by atomic mass is 9.99. The number of benzene rings is 4. The fourth-order valence-corrected chi connectivity index (χ4v) is 5.00. The first kappa shape index (κ1) is 22.3. The fourth-order valence-electron chi connectivity index (χ4n) is 4.71. The van der Waals surface area contributed by atoms with Gasteiger partial charge in [0.1, 0.15) is 11.5 Å². The summed E-state index contributed by atoms with van der Waals surface area (Å²) in [7, 11) is 0. The lowest BCUT2D eigenvalue weighted by Gasteiger charge is -2.31. The second-order valence-electron chi connectivity index (χ2n) is 9.04.